The molecule has 1 fully saturated rings. The van der Waals surface area contributed by atoms with E-state index in [1.165, 1.54) is 24.8 Å². The SMILES string of the molecule is COc1ccc([C@H]2Cn3nnc(C(=O)N4CCC(C(=O)NCCC5=CCCCC5)CC4)c3CO2)cc1. The number of methoxy groups -OCH3 is 1. The molecule has 3 aliphatic rings. The van der Waals surface area contributed by atoms with Crippen LogP contribution in [0.2, 0.25) is 0 Å². The molecule has 3 heterocycles. The molecule has 0 saturated carbocycles. The summed E-state index contributed by atoms with van der Waals surface area (Å²) in [5.41, 5.74) is 3.56. The Labute approximate surface area is 211 Å². The summed E-state index contributed by atoms with van der Waals surface area (Å²) in [5.74, 6) is 0.725. The predicted octanol–water partition coefficient (Wildman–Crippen LogP) is 3.42. The van der Waals surface area contributed by atoms with Crippen LogP contribution in [0.5, 0.6) is 5.75 Å². The summed E-state index contributed by atoms with van der Waals surface area (Å²) in [7, 11) is 1.64. The molecule has 0 radical (unpaired) electrons. The van der Waals surface area contributed by atoms with Gasteiger partial charge in [0.15, 0.2) is 5.69 Å². The lowest BCUT2D eigenvalue weighted by molar-refractivity contribution is -0.126. The van der Waals surface area contributed by atoms with Gasteiger partial charge in [0, 0.05) is 25.6 Å². The van der Waals surface area contributed by atoms with Crippen molar-refractivity contribution in [3.05, 3.63) is 52.9 Å². The normalized spacial score (nSPS) is 20.4. The second-order valence-corrected chi connectivity index (χ2v) is 9.86. The maximum absolute atomic E-state index is 13.2. The first kappa shape index (κ1) is 24.5. The van der Waals surface area contributed by atoms with Crippen molar-refractivity contribution in [3.8, 4) is 5.75 Å². The number of aromatic nitrogens is 3. The Kier molecular flexibility index (Phi) is 7.65. The Hall–Kier alpha value is -3.20. The van der Waals surface area contributed by atoms with Crippen molar-refractivity contribution in [1.29, 1.82) is 0 Å². The molecule has 2 aliphatic heterocycles. The number of fused-ring (bicyclic) bond motifs is 1. The average molecular weight is 494 g/mol. The first-order valence-corrected chi connectivity index (χ1v) is 13.0. The number of piperidine rings is 1. The molecule has 192 valence electrons. The number of likely N-dealkylation sites (tertiary alicyclic amines) is 1. The van der Waals surface area contributed by atoms with Gasteiger partial charge in [-0.15, -0.1) is 5.10 Å². The number of hydrogen-bond acceptors (Lipinski definition) is 6. The minimum absolute atomic E-state index is 0.0444. The number of benzene rings is 1. The summed E-state index contributed by atoms with van der Waals surface area (Å²) < 4.78 is 13.1. The highest BCUT2D eigenvalue weighted by molar-refractivity contribution is 5.93. The van der Waals surface area contributed by atoms with Gasteiger partial charge in [0.25, 0.3) is 5.91 Å². The van der Waals surface area contributed by atoms with Crippen molar-refractivity contribution in [2.45, 2.75) is 64.2 Å². The first-order chi connectivity index (χ1) is 17.6. The van der Waals surface area contributed by atoms with Crippen LogP contribution in [0.25, 0.3) is 0 Å². The first-order valence-electron chi connectivity index (χ1n) is 13.0. The number of ether oxygens (including phenoxy) is 2. The van der Waals surface area contributed by atoms with Crippen LogP contribution in [0.1, 0.15) is 72.8 Å². The molecule has 5 rings (SSSR count). The van der Waals surface area contributed by atoms with Crippen LogP contribution in [-0.4, -0.2) is 58.5 Å². The third kappa shape index (κ3) is 5.46. The second-order valence-electron chi connectivity index (χ2n) is 9.86. The Morgan fingerprint density at radius 1 is 1.17 bits per heavy atom. The number of allylic oxidation sites excluding steroid dienone is 1. The van der Waals surface area contributed by atoms with Crippen molar-refractivity contribution < 1.29 is 19.1 Å². The highest BCUT2D eigenvalue weighted by Crippen LogP contribution is 2.29. The number of nitrogens with zero attached hydrogens (tertiary/aromatic N) is 4. The van der Waals surface area contributed by atoms with E-state index in [1.54, 1.807) is 16.7 Å². The summed E-state index contributed by atoms with van der Waals surface area (Å²) >= 11 is 0. The molecule has 2 aromatic rings. The Morgan fingerprint density at radius 3 is 2.69 bits per heavy atom. The second kappa shape index (κ2) is 11.2. The van der Waals surface area contributed by atoms with E-state index in [4.69, 9.17) is 9.47 Å². The van der Waals surface area contributed by atoms with Gasteiger partial charge < -0.3 is 19.7 Å². The van der Waals surface area contributed by atoms with Gasteiger partial charge in [-0.3, -0.25) is 9.59 Å². The Balaban J connectivity index is 1.11. The Bertz CT molecular complexity index is 1100. The van der Waals surface area contributed by atoms with Gasteiger partial charge >= 0.3 is 0 Å². The van der Waals surface area contributed by atoms with Crippen molar-refractivity contribution in [2.24, 2.45) is 5.92 Å². The summed E-state index contributed by atoms with van der Waals surface area (Å²) in [6.07, 6.45) is 9.32. The minimum atomic E-state index is -0.156. The van der Waals surface area contributed by atoms with Crippen molar-refractivity contribution in [3.63, 3.8) is 0 Å². The molecule has 36 heavy (non-hydrogen) atoms. The van der Waals surface area contributed by atoms with Crippen molar-refractivity contribution in [2.75, 3.05) is 26.7 Å². The highest BCUT2D eigenvalue weighted by atomic mass is 16.5. The van der Waals surface area contributed by atoms with E-state index in [9.17, 15) is 9.59 Å². The summed E-state index contributed by atoms with van der Waals surface area (Å²) in [5, 5.41) is 11.6. The van der Waals surface area contributed by atoms with E-state index in [-0.39, 0.29) is 30.4 Å². The van der Waals surface area contributed by atoms with Crippen LogP contribution in [-0.2, 0) is 22.7 Å². The van der Waals surface area contributed by atoms with Crippen LogP contribution >= 0.6 is 0 Å². The lowest BCUT2D eigenvalue weighted by Gasteiger charge is -2.31. The third-order valence-corrected chi connectivity index (χ3v) is 7.57. The van der Waals surface area contributed by atoms with Gasteiger partial charge in [0.05, 0.1) is 26.0 Å². The van der Waals surface area contributed by atoms with Crippen molar-refractivity contribution >= 4 is 11.8 Å². The molecule has 1 aromatic carbocycles. The minimum Gasteiger partial charge on any atom is -0.497 e. The van der Waals surface area contributed by atoms with Crippen LogP contribution in [0.15, 0.2) is 35.9 Å². The standard InChI is InChI=1S/C27H35N5O4/c1-35-22-9-7-20(8-10-22)24-17-32-23(18-36-24)25(29-30-32)27(34)31-15-12-21(13-16-31)26(33)28-14-11-19-5-3-2-4-6-19/h5,7-10,21,24H,2-4,6,11-18H2,1H3,(H,28,33)/t24-/m1/s1. The van der Waals surface area contributed by atoms with Gasteiger partial charge in [-0.05, 0) is 62.6 Å². The molecular formula is C27H35N5O4. The topological polar surface area (TPSA) is 98.6 Å². The summed E-state index contributed by atoms with van der Waals surface area (Å²) in [6.45, 7) is 2.57. The van der Waals surface area contributed by atoms with Crippen LogP contribution in [0.4, 0.5) is 0 Å². The van der Waals surface area contributed by atoms with Crippen molar-refractivity contribution in [1.82, 2.24) is 25.2 Å². The number of hydrogen-bond donors (Lipinski definition) is 1. The maximum Gasteiger partial charge on any atom is 0.276 e. The average Bonchev–Trinajstić information content (AvgIpc) is 3.36. The molecular weight excluding hydrogens is 458 g/mol. The molecule has 9 nitrogen and oxygen atoms in total. The van der Waals surface area contributed by atoms with E-state index in [0.717, 1.165) is 24.2 Å². The lowest BCUT2D eigenvalue weighted by atomic mass is 9.95. The smallest absolute Gasteiger partial charge is 0.276 e. The van der Waals surface area contributed by atoms with Gasteiger partial charge in [-0.1, -0.05) is 29.0 Å². The fourth-order valence-corrected chi connectivity index (χ4v) is 5.31. The van der Waals surface area contributed by atoms with Crippen LogP contribution in [0, 0.1) is 5.92 Å². The van der Waals surface area contributed by atoms with Gasteiger partial charge in [-0.2, -0.15) is 0 Å². The van der Waals surface area contributed by atoms with E-state index >= 15 is 0 Å². The number of nitrogens with one attached hydrogen (secondary N) is 1. The molecule has 9 heteroatoms. The number of rotatable bonds is 7. The Morgan fingerprint density at radius 2 is 1.97 bits per heavy atom. The molecule has 2 amide bonds. The zero-order valence-corrected chi connectivity index (χ0v) is 20.9. The quantitative estimate of drug-likeness (QED) is 0.594. The zero-order chi connectivity index (χ0) is 24.9. The molecule has 1 atom stereocenters. The maximum atomic E-state index is 13.2. The van der Waals surface area contributed by atoms with Crippen LogP contribution < -0.4 is 10.1 Å². The van der Waals surface area contributed by atoms with Gasteiger partial charge in [0.2, 0.25) is 5.91 Å². The third-order valence-electron chi connectivity index (χ3n) is 7.57. The monoisotopic (exact) mass is 493 g/mol. The summed E-state index contributed by atoms with van der Waals surface area (Å²) in [6, 6.07) is 7.77. The largest absolute Gasteiger partial charge is 0.497 e. The fraction of sp³-hybridized carbons (Fsp3) is 0.556. The zero-order valence-electron chi connectivity index (χ0n) is 20.9. The molecule has 1 saturated heterocycles. The molecule has 0 unspecified atom stereocenters. The molecule has 1 aromatic heterocycles. The summed E-state index contributed by atoms with van der Waals surface area (Å²) in [4.78, 5) is 27.6. The lowest BCUT2D eigenvalue weighted by Crippen LogP contribution is -2.43. The number of amides is 2. The molecule has 0 bridgehead atoms. The molecule has 0 spiro atoms. The molecule has 1 aliphatic carbocycles. The van der Waals surface area contributed by atoms with Gasteiger partial charge in [0.1, 0.15) is 11.9 Å². The van der Waals surface area contributed by atoms with E-state index in [1.807, 2.05) is 24.3 Å². The van der Waals surface area contributed by atoms with E-state index in [0.29, 0.717) is 50.4 Å². The van der Waals surface area contributed by atoms with Crippen LogP contribution in [0.3, 0.4) is 0 Å². The molecule has 1 N–H and O–H groups in total. The van der Waals surface area contributed by atoms with E-state index in [2.05, 4.69) is 21.7 Å². The number of carbonyl (C=O) groups excluding carboxylic acids is 2. The fourth-order valence-electron chi connectivity index (χ4n) is 5.31. The van der Waals surface area contributed by atoms with E-state index < -0.39 is 0 Å². The van der Waals surface area contributed by atoms with Gasteiger partial charge in [-0.25, -0.2) is 4.68 Å². The highest BCUT2D eigenvalue weighted by Gasteiger charge is 2.33. The number of carbonyl (C=O) groups is 2. The predicted molar refractivity (Wildman–Crippen MR) is 133 cm³/mol.